The molecule has 0 aliphatic heterocycles. The van der Waals surface area contributed by atoms with Crippen LogP contribution in [0, 0.1) is 0 Å². The minimum absolute atomic E-state index is 0.131. The third-order valence-corrected chi connectivity index (χ3v) is 2.18. The van der Waals surface area contributed by atoms with Crippen molar-refractivity contribution in [2.75, 3.05) is 5.73 Å². The summed E-state index contributed by atoms with van der Waals surface area (Å²) in [5, 5.41) is 2.02. The molecule has 0 radical (unpaired) electrons. The molecule has 15 heavy (non-hydrogen) atoms. The summed E-state index contributed by atoms with van der Waals surface area (Å²) in [6, 6.07) is 5.76. The lowest BCUT2D eigenvalue weighted by molar-refractivity contribution is 0.244. The summed E-state index contributed by atoms with van der Waals surface area (Å²) in [6.07, 6.45) is 3.66. The SMILES string of the molecule is CC(C)Oc1ccc2cnccc2c1N. The number of anilines is 1. The van der Waals surface area contributed by atoms with E-state index in [1.54, 1.807) is 12.4 Å². The van der Waals surface area contributed by atoms with Crippen molar-refractivity contribution in [3.8, 4) is 5.75 Å². The molecule has 0 bridgehead atoms. The van der Waals surface area contributed by atoms with E-state index >= 15 is 0 Å². The Morgan fingerprint density at radius 2 is 2.07 bits per heavy atom. The Bertz CT molecular complexity index is 480. The third-order valence-electron chi connectivity index (χ3n) is 2.18. The first-order valence-electron chi connectivity index (χ1n) is 4.97. The molecule has 0 saturated heterocycles. The highest BCUT2D eigenvalue weighted by Gasteiger charge is 2.06. The molecule has 78 valence electrons. The van der Waals surface area contributed by atoms with Gasteiger partial charge in [0.25, 0.3) is 0 Å². The van der Waals surface area contributed by atoms with Gasteiger partial charge in [-0.2, -0.15) is 0 Å². The molecule has 1 aromatic carbocycles. The quantitative estimate of drug-likeness (QED) is 0.761. The fourth-order valence-corrected chi connectivity index (χ4v) is 1.53. The minimum Gasteiger partial charge on any atom is -0.489 e. The lowest BCUT2D eigenvalue weighted by Gasteiger charge is -2.13. The Morgan fingerprint density at radius 3 is 2.80 bits per heavy atom. The summed E-state index contributed by atoms with van der Waals surface area (Å²) in [7, 11) is 0. The van der Waals surface area contributed by atoms with Gasteiger partial charge in [0.1, 0.15) is 5.75 Å². The van der Waals surface area contributed by atoms with Gasteiger partial charge in [0.15, 0.2) is 0 Å². The molecular formula is C12H14N2O. The van der Waals surface area contributed by atoms with E-state index in [0.717, 1.165) is 16.5 Å². The fraction of sp³-hybridized carbons (Fsp3) is 0.250. The Balaban J connectivity index is 2.55. The molecule has 0 amide bonds. The second-order valence-electron chi connectivity index (χ2n) is 3.74. The van der Waals surface area contributed by atoms with E-state index in [1.165, 1.54) is 0 Å². The molecule has 1 heterocycles. The predicted molar refractivity (Wildman–Crippen MR) is 61.9 cm³/mol. The van der Waals surface area contributed by atoms with Crippen LogP contribution in [-0.2, 0) is 0 Å². The highest BCUT2D eigenvalue weighted by atomic mass is 16.5. The van der Waals surface area contributed by atoms with Gasteiger partial charge >= 0.3 is 0 Å². The van der Waals surface area contributed by atoms with Crippen molar-refractivity contribution in [2.45, 2.75) is 20.0 Å². The van der Waals surface area contributed by atoms with E-state index in [0.29, 0.717) is 5.69 Å². The van der Waals surface area contributed by atoms with Crippen LogP contribution >= 0.6 is 0 Å². The van der Waals surface area contributed by atoms with Crippen LogP contribution in [-0.4, -0.2) is 11.1 Å². The molecule has 0 aliphatic rings. The Morgan fingerprint density at radius 1 is 1.27 bits per heavy atom. The second-order valence-corrected chi connectivity index (χ2v) is 3.74. The van der Waals surface area contributed by atoms with Crippen LogP contribution in [0.5, 0.6) is 5.75 Å². The molecule has 1 aromatic heterocycles. The van der Waals surface area contributed by atoms with Crippen LogP contribution in [0.1, 0.15) is 13.8 Å². The number of hydrogen-bond acceptors (Lipinski definition) is 3. The Kier molecular flexibility index (Phi) is 2.46. The lowest BCUT2D eigenvalue weighted by atomic mass is 10.1. The van der Waals surface area contributed by atoms with E-state index in [9.17, 15) is 0 Å². The smallest absolute Gasteiger partial charge is 0.143 e. The lowest BCUT2D eigenvalue weighted by Crippen LogP contribution is -2.07. The summed E-state index contributed by atoms with van der Waals surface area (Å²) >= 11 is 0. The molecule has 0 spiro atoms. The third kappa shape index (κ3) is 1.86. The molecule has 3 heteroatoms. The molecule has 0 unspecified atom stereocenters. The monoisotopic (exact) mass is 202 g/mol. The fourth-order valence-electron chi connectivity index (χ4n) is 1.53. The van der Waals surface area contributed by atoms with Crippen LogP contribution in [0.25, 0.3) is 10.8 Å². The standard InChI is InChI=1S/C12H14N2O/c1-8(2)15-11-4-3-9-7-14-6-5-10(9)12(11)13/h3-8H,13H2,1-2H3. The predicted octanol–water partition coefficient (Wildman–Crippen LogP) is 2.60. The highest BCUT2D eigenvalue weighted by molar-refractivity contribution is 5.95. The maximum Gasteiger partial charge on any atom is 0.143 e. The summed E-state index contributed by atoms with van der Waals surface area (Å²) in [5.41, 5.74) is 6.70. The van der Waals surface area contributed by atoms with Crippen molar-refractivity contribution in [3.63, 3.8) is 0 Å². The van der Waals surface area contributed by atoms with Crippen LogP contribution in [0.3, 0.4) is 0 Å². The van der Waals surface area contributed by atoms with Gasteiger partial charge in [-0.25, -0.2) is 0 Å². The number of benzene rings is 1. The van der Waals surface area contributed by atoms with Crippen molar-refractivity contribution in [1.29, 1.82) is 0 Å². The van der Waals surface area contributed by atoms with E-state index in [-0.39, 0.29) is 6.10 Å². The van der Waals surface area contributed by atoms with Crippen LogP contribution < -0.4 is 10.5 Å². The van der Waals surface area contributed by atoms with Gasteiger partial charge in [0.2, 0.25) is 0 Å². The first kappa shape index (κ1) is 9.77. The van der Waals surface area contributed by atoms with E-state index in [2.05, 4.69) is 4.98 Å². The first-order chi connectivity index (χ1) is 7.18. The number of fused-ring (bicyclic) bond motifs is 1. The summed E-state index contributed by atoms with van der Waals surface area (Å²) in [5.74, 6) is 0.740. The molecule has 3 nitrogen and oxygen atoms in total. The van der Waals surface area contributed by atoms with E-state index in [1.807, 2.05) is 32.0 Å². The number of hydrogen-bond donors (Lipinski definition) is 1. The molecule has 2 aromatic rings. The van der Waals surface area contributed by atoms with Gasteiger partial charge in [0, 0.05) is 23.2 Å². The number of aromatic nitrogens is 1. The van der Waals surface area contributed by atoms with Crippen molar-refractivity contribution in [1.82, 2.24) is 4.98 Å². The van der Waals surface area contributed by atoms with Crippen molar-refractivity contribution in [2.24, 2.45) is 0 Å². The van der Waals surface area contributed by atoms with Gasteiger partial charge in [-0.05, 0) is 32.0 Å². The van der Waals surface area contributed by atoms with Crippen LogP contribution in [0.2, 0.25) is 0 Å². The largest absolute Gasteiger partial charge is 0.489 e. The molecule has 0 fully saturated rings. The number of rotatable bonds is 2. The molecule has 0 aliphatic carbocycles. The maximum atomic E-state index is 6.01. The summed E-state index contributed by atoms with van der Waals surface area (Å²) < 4.78 is 5.61. The number of pyridine rings is 1. The Labute approximate surface area is 88.9 Å². The topological polar surface area (TPSA) is 48.1 Å². The molecule has 2 rings (SSSR count). The zero-order chi connectivity index (χ0) is 10.8. The number of nitrogens with zero attached hydrogens (tertiary/aromatic N) is 1. The summed E-state index contributed by atoms with van der Waals surface area (Å²) in [6.45, 7) is 3.96. The average Bonchev–Trinajstić information content (AvgIpc) is 2.22. The van der Waals surface area contributed by atoms with Crippen LogP contribution in [0.15, 0.2) is 30.6 Å². The number of nitrogen functional groups attached to an aromatic ring is 1. The maximum absolute atomic E-state index is 6.01. The average molecular weight is 202 g/mol. The molecular weight excluding hydrogens is 188 g/mol. The highest BCUT2D eigenvalue weighted by Crippen LogP contribution is 2.30. The number of nitrogens with two attached hydrogens (primary N) is 1. The van der Waals surface area contributed by atoms with E-state index in [4.69, 9.17) is 10.5 Å². The van der Waals surface area contributed by atoms with Crippen molar-refractivity contribution < 1.29 is 4.74 Å². The Hall–Kier alpha value is -1.77. The van der Waals surface area contributed by atoms with E-state index < -0.39 is 0 Å². The minimum atomic E-state index is 0.131. The van der Waals surface area contributed by atoms with Gasteiger partial charge in [-0.1, -0.05) is 0 Å². The normalized spacial score (nSPS) is 10.9. The van der Waals surface area contributed by atoms with Crippen LogP contribution in [0.4, 0.5) is 5.69 Å². The molecule has 2 N–H and O–H groups in total. The first-order valence-corrected chi connectivity index (χ1v) is 4.97. The summed E-state index contributed by atoms with van der Waals surface area (Å²) in [4.78, 5) is 4.05. The van der Waals surface area contributed by atoms with Gasteiger partial charge in [-0.3, -0.25) is 4.98 Å². The van der Waals surface area contributed by atoms with Crippen molar-refractivity contribution in [3.05, 3.63) is 30.6 Å². The number of ether oxygens (including phenoxy) is 1. The van der Waals surface area contributed by atoms with Gasteiger partial charge in [-0.15, -0.1) is 0 Å². The van der Waals surface area contributed by atoms with Gasteiger partial charge < -0.3 is 10.5 Å². The molecule has 0 atom stereocenters. The van der Waals surface area contributed by atoms with Crippen molar-refractivity contribution >= 4 is 16.5 Å². The zero-order valence-corrected chi connectivity index (χ0v) is 8.90. The van der Waals surface area contributed by atoms with Gasteiger partial charge in [0.05, 0.1) is 11.8 Å². The second kappa shape index (κ2) is 3.77. The molecule has 0 saturated carbocycles. The zero-order valence-electron chi connectivity index (χ0n) is 8.90.